The van der Waals surface area contributed by atoms with Crippen LogP contribution in [0, 0.1) is 0 Å². The second-order valence-electron chi connectivity index (χ2n) is 4.18. The number of carbonyl (C=O) groups is 1. The van der Waals surface area contributed by atoms with E-state index in [-0.39, 0.29) is 11.7 Å². The first kappa shape index (κ1) is 10.5. The van der Waals surface area contributed by atoms with Crippen molar-refractivity contribution in [1.82, 2.24) is 0 Å². The zero-order valence-electron chi connectivity index (χ0n) is 9.26. The average Bonchev–Trinajstić information content (AvgIpc) is 2.96. The summed E-state index contributed by atoms with van der Waals surface area (Å²) >= 11 is 1.63. The van der Waals surface area contributed by atoms with Crippen LogP contribution in [0.2, 0.25) is 0 Å². The summed E-state index contributed by atoms with van der Waals surface area (Å²) in [5.41, 5.74) is 2.14. The smallest absolute Gasteiger partial charge is 0.148 e. The summed E-state index contributed by atoms with van der Waals surface area (Å²) in [6, 6.07) is 9.80. The summed E-state index contributed by atoms with van der Waals surface area (Å²) in [5, 5.41) is 4.03. The van der Waals surface area contributed by atoms with Crippen molar-refractivity contribution in [2.45, 2.75) is 12.3 Å². The second-order valence-corrected chi connectivity index (χ2v) is 4.96. The zero-order chi connectivity index (χ0) is 11.7. The number of hydrogen-bond donors (Lipinski definition) is 0. The highest BCUT2D eigenvalue weighted by molar-refractivity contribution is 7.08. The highest BCUT2D eigenvalue weighted by Crippen LogP contribution is 2.34. The summed E-state index contributed by atoms with van der Waals surface area (Å²) < 4.78 is 5.53. The van der Waals surface area contributed by atoms with Gasteiger partial charge in [-0.05, 0) is 28.5 Å². The first-order chi connectivity index (χ1) is 8.34. The predicted molar refractivity (Wildman–Crippen MR) is 67.7 cm³/mol. The summed E-state index contributed by atoms with van der Waals surface area (Å²) in [7, 11) is 0. The first-order valence-electron chi connectivity index (χ1n) is 5.60. The fourth-order valence-corrected chi connectivity index (χ4v) is 2.82. The van der Waals surface area contributed by atoms with Crippen LogP contribution < -0.4 is 4.74 Å². The largest absolute Gasteiger partial charge is 0.492 e. The molecule has 0 bridgehead atoms. The maximum absolute atomic E-state index is 12.2. The van der Waals surface area contributed by atoms with E-state index in [9.17, 15) is 4.79 Å². The van der Waals surface area contributed by atoms with E-state index in [0.29, 0.717) is 13.0 Å². The Morgan fingerprint density at radius 3 is 3.06 bits per heavy atom. The van der Waals surface area contributed by atoms with E-state index in [2.05, 4.69) is 0 Å². The number of benzene rings is 1. The quantitative estimate of drug-likeness (QED) is 0.829. The Hall–Kier alpha value is -1.61. The van der Waals surface area contributed by atoms with Crippen molar-refractivity contribution in [3.63, 3.8) is 0 Å². The molecule has 17 heavy (non-hydrogen) atoms. The molecule has 1 aromatic carbocycles. The minimum Gasteiger partial charge on any atom is -0.492 e. The Morgan fingerprint density at radius 1 is 1.35 bits per heavy atom. The molecule has 0 amide bonds. The topological polar surface area (TPSA) is 26.3 Å². The number of carbonyl (C=O) groups excluding carboxylic acids is 1. The van der Waals surface area contributed by atoms with Crippen LogP contribution in [0.5, 0.6) is 5.75 Å². The molecule has 1 aliphatic rings. The van der Waals surface area contributed by atoms with Crippen molar-refractivity contribution in [2.75, 3.05) is 6.61 Å². The SMILES string of the molecule is O=C(Cc1ccsc1)C1COc2ccccc21. The van der Waals surface area contributed by atoms with Gasteiger partial charge < -0.3 is 4.74 Å². The number of Topliss-reactive ketones (excluding diaryl/α,β-unsaturated/α-hetero) is 1. The van der Waals surface area contributed by atoms with Crippen molar-refractivity contribution in [3.8, 4) is 5.75 Å². The standard InChI is InChI=1S/C14H12O2S/c15-13(7-10-5-6-17-9-10)12-8-16-14-4-2-1-3-11(12)14/h1-6,9,12H,7-8H2. The lowest BCUT2D eigenvalue weighted by molar-refractivity contribution is -0.120. The van der Waals surface area contributed by atoms with Crippen molar-refractivity contribution in [1.29, 1.82) is 0 Å². The highest BCUT2D eigenvalue weighted by Gasteiger charge is 2.29. The van der Waals surface area contributed by atoms with Gasteiger partial charge in [0.2, 0.25) is 0 Å². The maximum Gasteiger partial charge on any atom is 0.148 e. The lowest BCUT2D eigenvalue weighted by Crippen LogP contribution is -2.16. The van der Waals surface area contributed by atoms with Gasteiger partial charge in [0, 0.05) is 12.0 Å². The van der Waals surface area contributed by atoms with E-state index >= 15 is 0 Å². The highest BCUT2D eigenvalue weighted by atomic mass is 32.1. The average molecular weight is 244 g/mol. The van der Waals surface area contributed by atoms with Crippen LogP contribution in [0.3, 0.4) is 0 Å². The fraction of sp³-hybridized carbons (Fsp3) is 0.214. The van der Waals surface area contributed by atoms with Gasteiger partial charge in [-0.1, -0.05) is 18.2 Å². The molecule has 0 saturated heterocycles. The van der Waals surface area contributed by atoms with E-state index in [0.717, 1.165) is 16.9 Å². The lowest BCUT2D eigenvalue weighted by atomic mass is 9.93. The minimum atomic E-state index is -0.0916. The van der Waals surface area contributed by atoms with Crippen molar-refractivity contribution >= 4 is 17.1 Å². The summed E-state index contributed by atoms with van der Waals surface area (Å²) in [4.78, 5) is 12.2. The van der Waals surface area contributed by atoms with Crippen LogP contribution in [0.15, 0.2) is 41.1 Å². The molecule has 2 nitrogen and oxygen atoms in total. The normalized spacial score (nSPS) is 17.5. The van der Waals surface area contributed by atoms with E-state index in [1.807, 2.05) is 41.1 Å². The monoisotopic (exact) mass is 244 g/mol. The number of hydrogen-bond acceptors (Lipinski definition) is 3. The van der Waals surface area contributed by atoms with E-state index < -0.39 is 0 Å². The third kappa shape index (κ3) is 1.98. The van der Waals surface area contributed by atoms with E-state index in [4.69, 9.17) is 4.74 Å². The van der Waals surface area contributed by atoms with E-state index in [1.54, 1.807) is 11.3 Å². The van der Waals surface area contributed by atoms with Gasteiger partial charge in [0.1, 0.15) is 18.1 Å². The molecule has 3 heteroatoms. The van der Waals surface area contributed by atoms with Gasteiger partial charge in [-0.2, -0.15) is 11.3 Å². The molecular weight excluding hydrogens is 232 g/mol. The molecule has 0 fully saturated rings. The molecule has 0 saturated carbocycles. The Morgan fingerprint density at radius 2 is 2.24 bits per heavy atom. The fourth-order valence-electron chi connectivity index (χ4n) is 2.15. The summed E-state index contributed by atoms with van der Waals surface area (Å²) in [6.07, 6.45) is 0.506. The Bertz CT molecular complexity index is 531. The molecule has 0 N–H and O–H groups in total. The summed E-state index contributed by atoms with van der Waals surface area (Å²) in [5.74, 6) is 1.01. The van der Waals surface area contributed by atoms with Crippen LogP contribution in [-0.4, -0.2) is 12.4 Å². The third-order valence-electron chi connectivity index (χ3n) is 3.05. The molecule has 86 valence electrons. The van der Waals surface area contributed by atoms with Crippen molar-refractivity contribution in [2.24, 2.45) is 0 Å². The van der Waals surface area contributed by atoms with Gasteiger partial charge >= 0.3 is 0 Å². The molecule has 0 spiro atoms. The van der Waals surface area contributed by atoms with Gasteiger partial charge in [0.15, 0.2) is 0 Å². The van der Waals surface area contributed by atoms with Gasteiger partial charge in [-0.25, -0.2) is 0 Å². The minimum absolute atomic E-state index is 0.0916. The predicted octanol–water partition coefficient (Wildman–Crippen LogP) is 3.04. The van der Waals surface area contributed by atoms with Gasteiger partial charge in [-0.15, -0.1) is 0 Å². The Labute approximate surface area is 104 Å². The van der Waals surface area contributed by atoms with E-state index in [1.165, 1.54) is 0 Å². The molecular formula is C14H12O2S. The lowest BCUT2D eigenvalue weighted by Gasteiger charge is -2.06. The molecule has 1 aliphatic heterocycles. The van der Waals surface area contributed by atoms with Crippen LogP contribution in [-0.2, 0) is 11.2 Å². The molecule has 1 aromatic heterocycles. The first-order valence-corrected chi connectivity index (χ1v) is 6.54. The molecule has 1 atom stereocenters. The molecule has 3 rings (SSSR count). The van der Waals surface area contributed by atoms with Crippen LogP contribution in [0.1, 0.15) is 17.0 Å². The summed E-state index contributed by atoms with van der Waals surface area (Å²) in [6.45, 7) is 0.488. The number of fused-ring (bicyclic) bond motifs is 1. The van der Waals surface area contributed by atoms with Crippen LogP contribution in [0.25, 0.3) is 0 Å². The Balaban J connectivity index is 1.80. The Kier molecular flexibility index (Phi) is 2.69. The molecule has 2 heterocycles. The second kappa shape index (κ2) is 4.34. The number of rotatable bonds is 3. The van der Waals surface area contributed by atoms with Crippen LogP contribution in [0.4, 0.5) is 0 Å². The van der Waals surface area contributed by atoms with Crippen LogP contribution >= 0.6 is 11.3 Å². The number of ketones is 1. The maximum atomic E-state index is 12.2. The van der Waals surface area contributed by atoms with Gasteiger partial charge in [-0.3, -0.25) is 4.79 Å². The number of para-hydroxylation sites is 1. The van der Waals surface area contributed by atoms with Gasteiger partial charge in [0.25, 0.3) is 0 Å². The molecule has 1 unspecified atom stereocenters. The number of thiophene rings is 1. The third-order valence-corrected chi connectivity index (χ3v) is 3.78. The molecule has 2 aromatic rings. The van der Waals surface area contributed by atoms with Crippen molar-refractivity contribution in [3.05, 3.63) is 52.2 Å². The molecule has 0 aliphatic carbocycles. The number of ether oxygens (including phenoxy) is 1. The molecule has 0 radical (unpaired) electrons. The van der Waals surface area contributed by atoms with Crippen molar-refractivity contribution < 1.29 is 9.53 Å². The zero-order valence-corrected chi connectivity index (χ0v) is 10.1. The van der Waals surface area contributed by atoms with Gasteiger partial charge in [0.05, 0.1) is 5.92 Å².